The van der Waals surface area contributed by atoms with Crippen LogP contribution in [-0.2, 0) is 4.79 Å². The Morgan fingerprint density at radius 1 is 0.972 bits per heavy atom. The van der Waals surface area contributed by atoms with E-state index >= 15 is 0 Å². The lowest BCUT2D eigenvalue weighted by Gasteiger charge is -2.34. The number of amides is 1. The fourth-order valence-electron chi connectivity index (χ4n) is 4.51. The molecule has 0 spiro atoms. The van der Waals surface area contributed by atoms with Crippen molar-refractivity contribution in [1.82, 2.24) is 34.8 Å². The maximum absolute atomic E-state index is 13.0. The lowest BCUT2D eigenvalue weighted by Crippen LogP contribution is -2.51. The monoisotopic (exact) mass is 482 g/mol. The molecule has 2 aromatic carbocycles. The first-order valence-electron chi connectivity index (χ1n) is 11.5. The Hall–Kier alpha value is -4.80. The van der Waals surface area contributed by atoms with E-state index in [-0.39, 0.29) is 0 Å². The first-order chi connectivity index (χ1) is 17.6. The molecular formula is C25H22N8O3. The minimum atomic E-state index is -0.507. The zero-order valence-corrected chi connectivity index (χ0v) is 19.5. The van der Waals surface area contributed by atoms with Crippen molar-refractivity contribution in [3.63, 3.8) is 0 Å². The molecule has 5 aromatic rings. The lowest BCUT2D eigenvalue weighted by atomic mass is 10.1. The van der Waals surface area contributed by atoms with Gasteiger partial charge in [0.15, 0.2) is 17.0 Å². The summed E-state index contributed by atoms with van der Waals surface area (Å²) in [5.41, 5.74) is 3.18. The van der Waals surface area contributed by atoms with Crippen LogP contribution in [0.25, 0.3) is 27.8 Å². The first kappa shape index (κ1) is 21.7. The van der Waals surface area contributed by atoms with Crippen molar-refractivity contribution < 1.29 is 14.3 Å². The number of hydrogen-bond donors (Lipinski definition) is 1. The number of ether oxygens (including phenoxy) is 1. The Labute approximate surface area is 205 Å². The molecule has 1 N–H and O–H groups in total. The van der Waals surface area contributed by atoms with Crippen LogP contribution in [-0.4, -0.2) is 79.8 Å². The van der Waals surface area contributed by atoms with E-state index in [1.54, 1.807) is 22.9 Å². The Balaban J connectivity index is 1.19. The van der Waals surface area contributed by atoms with Crippen molar-refractivity contribution in [2.24, 2.45) is 0 Å². The van der Waals surface area contributed by atoms with Crippen LogP contribution in [0.5, 0.6) is 5.75 Å². The van der Waals surface area contributed by atoms with E-state index in [9.17, 15) is 9.59 Å². The Morgan fingerprint density at radius 2 is 1.75 bits per heavy atom. The number of aromatic nitrogens is 6. The zero-order chi connectivity index (χ0) is 24.6. The highest BCUT2D eigenvalue weighted by molar-refractivity contribution is 6.44. The summed E-state index contributed by atoms with van der Waals surface area (Å²) in [5.74, 6) is 0.384. The summed E-state index contributed by atoms with van der Waals surface area (Å²) >= 11 is 0. The van der Waals surface area contributed by atoms with Crippen LogP contribution >= 0.6 is 0 Å². The van der Waals surface area contributed by atoms with E-state index in [1.807, 2.05) is 53.4 Å². The van der Waals surface area contributed by atoms with Gasteiger partial charge in [0.2, 0.25) is 0 Å². The van der Waals surface area contributed by atoms with Gasteiger partial charge in [0, 0.05) is 43.3 Å². The minimum absolute atomic E-state index is 0.394. The van der Waals surface area contributed by atoms with Crippen molar-refractivity contribution >= 4 is 39.6 Å². The second-order valence-electron chi connectivity index (χ2n) is 8.43. The van der Waals surface area contributed by atoms with Gasteiger partial charge in [-0.2, -0.15) is 4.68 Å². The van der Waals surface area contributed by atoms with Crippen LogP contribution in [0.4, 0.5) is 5.82 Å². The molecule has 36 heavy (non-hydrogen) atoms. The summed E-state index contributed by atoms with van der Waals surface area (Å²) in [5, 5.41) is 9.36. The standard InChI is InChI=1S/C25H22N8O3/c1-36-17-8-6-16(7-9-17)33-24-21(29-30-33)23(27-15-28-24)31-10-12-32(13-11-31)25(35)22(34)19-14-26-20-5-3-2-4-18(19)20/h2-9,14-15,26H,10-13H2,1H3. The highest BCUT2D eigenvalue weighted by atomic mass is 16.5. The van der Waals surface area contributed by atoms with E-state index in [1.165, 1.54) is 6.33 Å². The van der Waals surface area contributed by atoms with Gasteiger partial charge in [-0.15, -0.1) is 5.10 Å². The van der Waals surface area contributed by atoms with Crippen molar-refractivity contribution in [1.29, 1.82) is 0 Å². The maximum atomic E-state index is 13.0. The average molecular weight is 483 g/mol. The third-order valence-electron chi connectivity index (χ3n) is 6.43. The molecule has 0 radical (unpaired) electrons. The maximum Gasteiger partial charge on any atom is 0.295 e. The number of para-hydroxylation sites is 1. The van der Waals surface area contributed by atoms with Gasteiger partial charge in [-0.1, -0.05) is 23.4 Å². The number of hydrogen-bond acceptors (Lipinski definition) is 8. The van der Waals surface area contributed by atoms with Crippen LogP contribution in [0.1, 0.15) is 10.4 Å². The molecule has 1 saturated heterocycles. The number of carbonyl (C=O) groups is 2. The number of rotatable bonds is 5. The van der Waals surface area contributed by atoms with E-state index in [0.717, 1.165) is 22.3 Å². The second-order valence-corrected chi connectivity index (χ2v) is 8.43. The number of piperazine rings is 1. The number of methoxy groups -OCH3 is 1. The molecule has 6 rings (SSSR count). The molecule has 0 aliphatic carbocycles. The Bertz CT molecular complexity index is 1580. The van der Waals surface area contributed by atoms with Crippen LogP contribution in [0.15, 0.2) is 61.1 Å². The fourth-order valence-corrected chi connectivity index (χ4v) is 4.51. The topological polar surface area (TPSA) is 122 Å². The highest BCUT2D eigenvalue weighted by Gasteiger charge is 2.29. The molecule has 180 valence electrons. The van der Waals surface area contributed by atoms with E-state index < -0.39 is 11.7 Å². The summed E-state index contributed by atoms with van der Waals surface area (Å²) in [7, 11) is 1.62. The number of nitrogens with one attached hydrogen (secondary N) is 1. The van der Waals surface area contributed by atoms with Gasteiger partial charge in [-0.3, -0.25) is 9.59 Å². The van der Waals surface area contributed by atoms with E-state index in [0.29, 0.717) is 48.7 Å². The summed E-state index contributed by atoms with van der Waals surface area (Å²) in [6, 6.07) is 14.9. The van der Waals surface area contributed by atoms with Crippen LogP contribution in [0.2, 0.25) is 0 Å². The molecule has 0 unspecified atom stereocenters. The third-order valence-corrected chi connectivity index (χ3v) is 6.43. The largest absolute Gasteiger partial charge is 0.497 e. The molecular weight excluding hydrogens is 460 g/mol. The van der Waals surface area contributed by atoms with Crippen LogP contribution in [0, 0.1) is 0 Å². The third kappa shape index (κ3) is 3.61. The highest BCUT2D eigenvalue weighted by Crippen LogP contribution is 2.25. The molecule has 11 nitrogen and oxygen atoms in total. The molecule has 11 heteroatoms. The molecule has 1 aliphatic rings. The van der Waals surface area contributed by atoms with Gasteiger partial charge in [0.05, 0.1) is 18.4 Å². The van der Waals surface area contributed by atoms with Gasteiger partial charge >= 0.3 is 0 Å². The smallest absolute Gasteiger partial charge is 0.295 e. The summed E-state index contributed by atoms with van der Waals surface area (Å²) in [4.78, 5) is 41.5. The predicted molar refractivity (Wildman–Crippen MR) is 132 cm³/mol. The van der Waals surface area contributed by atoms with E-state index in [2.05, 4.69) is 25.3 Å². The predicted octanol–water partition coefficient (Wildman–Crippen LogP) is 2.23. The molecule has 4 heterocycles. The minimum Gasteiger partial charge on any atom is -0.497 e. The van der Waals surface area contributed by atoms with Gasteiger partial charge in [-0.25, -0.2) is 9.97 Å². The summed E-state index contributed by atoms with van der Waals surface area (Å²) in [6.45, 7) is 1.80. The number of fused-ring (bicyclic) bond motifs is 2. The van der Waals surface area contributed by atoms with Gasteiger partial charge in [0.1, 0.15) is 12.1 Å². The number of nitrogens with zero attached hydrogens (tertiary/aromatic N) is 7. The number of ketones is 1. The molecule has 0 saturated carbocycles. The Kier molecular flexibility index (Phi) is 5.29. The SMILES string of the molecule is COc1ccc(-n2nnc3c(N4CCN(C(=O)C(=O)c5c[nH]c6ccccc56)CC4)ncnc32)cc1. The van der Waals surface area contributed by atoms with Gasteiger partial charge < -0.3 is 19.5 Å². The molecule has 1 amide bonds. The van der Waals surface area contributed by atoms with E-state index in [4.69, 9.17) is 4.74 Å². The van der Waals surface area contributed by atoms with Crippen molar-refractivity contribution in [3.05, 3.63) is 66.6 Å². The zero-order valence-electron chi connectivity index (χ0n) is 19.5. The van der Waals surface area contributed by atoms with Crippen LogP contribution in [0.3, 0.4) is 0 Å². The lowest BCUT2D eigenvalue weighted by molar-refractivity contribution is -0.126. The van der Waals surface area contributed by atoms with Crippen molar-refractivity contribution in [2.45, 2.75) is 0 Å². The first-order valence-corrected chi connectivity index (χ1v) is 11.5. The number of aromatic amines is 1. The normalized spacial score (nSPS) is 13.9. The fraction of sp³-hybridized carbons (Fsp3) is 0.200. The molecule has 0 bridgehead atoms. The van der Waals surface area contributed by atoms with Crippen molar-refractivity contribution in [2.75, 3.05) is 38.2 Å². The molecule has 0 atom stereocenters. The van der Waals surface area contributed by atoms with Crippen molar-refractivity contribution in [3.8, 4) is 11.4 Å². The number of carbonyl (C=O) groups excluding carboxylic acids is 2. The van der Waals surface area contributed by atoms with Crippen LogP contribution < -0.4 is 9.64 Å². The summed E-state index contributed by atoms with van der Waals surface area (Å²) in [6.07, 6.45) is 3.09. The number of Topliss-reactive ketones (excluding diaryl/α,β-unsaturated/α-hetero) is 1. The number of H-pyrrole nitrogens is 1. The van der Waals surface area contributed by atoms with Gasteiger partial charge in [0.25, 0.3) is 11.7 Å². The summed E-state index contributed by atoms with van der Waals surface area (Å²) < 4.78 is 6.88. The molecule has 3 aromatic heterocycles. The second kappa shape index (κ2) is 8.77. The molecule has 1 fully saturated rings. The Morgan fingerprint density at radius 3 is 2.53 bits per heavy atom. The van der Waals surface area contributed by atoms with Gasteiger partial charge in [-0.05, 0) is 30.3 Å². The molecule has 1 aliphatic heterocycles. The number of anilines is 1. The number of benzene rings is 2. The average Bonchev–Trinajstić information content (AvgIpc) is 3.57. The quantitative estimate of drug-likeness (QED) is 0.299.